The number of hydrogen-bond acceptors (Lipinski definition) is 3. The van der Waals surface area contributed by atoms with E-state index in [0.717, 1.165) is 11.3 Å². The lowest BCUT2D eigenvalue weighted by atomic mass is 10.1. The molecule has 0 spiro atoms. The van der Waals surface area contributed by atoms with Gasteiger partial charge in [0.15, 0.2) is 0 Å². The van der Waals surface area contributed by atoms with Gasteiger partial charge < -0.3 is 14.8 Å². The zero-order valence-corrected chi connectivity index (χ0v) is 12.2. The molecule has 0 radical (unpaired) electrons. The summed E-state index contributed by atoms with van der Waals surface area (Å²) >= 11 is 3.50. The number of methoxy groups -OCH3 is 1. The van der Waals surface area contributed by atoms with E-state index in [9.17, 15) is 4.79 Å². The largest absolute Gasteiger partial charge is 0.382 e. The van der Waals surface area contributed by atoms with Crippen LogP contribution in [0.3, 0.4) is 0 Å². The lowest BCUT2D eigenvalue weighted by Gasteiger charge is -2.12. The van der Waals surface area contributed by atoms with Gasteiger partial charge in [0.2, 0.25) is 5.91 Å². The van der Waals surface area contributed by atoms with Crippen LogP contribution in [0.25, 0.3) is 0 Å². The lowest BCUT2D eigenvalue weighted by molar-refractivity contribution is -0.121. The summed E-state index contributed by atoms with van der Waals surface area (Å²) in [5.74, 6) is -0.160. The second kappa shape index (κ2) is 8.24. The molecule has 0 saturated heterocycles. The van der Waals surface area contributed by atoms with E-state index >= 15 is 0 Å². The molecule has 1 aromatic rings. The number of carbonyl (C=O) groups excluding carboxylic acids is 1. The smallest absolute Gasteiger partial charge is 0.250 e. The number of anilines is 1. The monoisotopic (exact) mass is 315 g/mol. The predicted octanol–water partition coefficient (Wildman–Crippen LogP) is 2.74. The topological polar surface area (TPSA) is 47.6 Å². The summed E-state index contributed by atoms with van der Waals surface area (Å²) < 4.78 is 9.99. The van der Waals surface area contributed by atoms with Crippen LogP contribution in [0.4, 0.5) is 5.69 Å². The molecule has 0 aliphatic rings. The zero-order valence-electron chi connectivity index (χ0n) is 10.6. The van der Waals surface area contributed by atoms with Crippen molar-refractivity contribution in [1.82, 2.24) is 0 Å². The van der Waals surface area contributed by atoms with Crippen molar-refractivity contribution in [3.05, 3.63) is 29.8 Å². The van der Waals surface area contributed by atoms with E-state index < -0.39 is 0 Å². The molecule has 1 amide bonds. The maximum Gasteiger partial charge on any atom is 0.250 e. The molecule has 0 aliphatic heterocycles. The Labute approximate surface area is 116 Å². The summed E-state index contributed by atoms with van der Waals surface area (Å²) in [7, 11) is 1.59. The number of hydrogen-bond donors (Lipinski definition) is 1. The van der Waals surface area contributed by atoms with Gasteiger partial charge in [-0.15, -0.1) is 0 Å². The van der Waals surface area contributed by atoms with Gasteiger partial charge in [0.05, 0.1) is 13.2 Å². The highest BCUT2D eigenvalue weighted by Gasteiger charge is 2.09. The molecule has 1 aromatic carbocycles. The van der Waals surface area contributed by atoms with Gasteiger partial charge in [0, 0.05) is 17.6 Å². The number of benzene rings is 1. The Kier molecular flexibility index (Phi) is 6.93. The third-order valence-electron chi connectivity index (χ3n) is 2.33. The van der Waals surface area contributed by atoms with Crippen LogP contribution < -0.4 is 5.32 Å². The standard InChI is InChI=1S/C13H18BrNO3/c1-10(14)11-5-3-4-6-12(11)15-13(16)9-18-8-7-17-2/h3-6,10H,7-9H2,1-2H3,(H,15,16). The maximum absolute atomic E-state index is 11.7. The molecule has 5 heteroatoms. The van der Waals surface area contributed by atoms with E-state index in [0.29, 0.717) is 13.2 Å². The number of para-hydroxylation sites is 1. The third kappa shape index (κ3) is 5.16. The second-order valence-electron chi connectivity index (χ2n) is 3.80. The van der Waals surface area contributed by atoms with Crippen molar-refractivity contribution in [2.45, 2.75) is 11.8 Å². The molecule has 1 atom stereocenters. The Morgan fingerprint density at radius 3 is 2.78 bits per heavy atom. The molecular formula is C13H18BrNO3. The Morgan fingerprint density at radius 1 is 1.39 bits per heavy atom. The molecule has 0 heterocycles. The van der Waals surface area contributed by atoms with Crippen LogP contribution in [0.2, 0.25) is 0 Å². The summed E-state index contributed by atoms with van der Waals surface area (Å²) in [6, 6.07) is 7.68. The number of ether oxygens (including phenoxy) is 2. The summed E-state index contributed by atoms with van der Waals surface area (Å²) in [6.45, 7) is 2.96. The van der Waals surface area contributed by atoms with Gasteiger partial charge in [0.1, 0.15) is 6.61 Å². The number of halogens is 1. The van der Waals surface area contributed by atoms with E-state index in [1.807, 2.05) is 31.2 Å². The molecule has 1 unspecified atom stereocenters. The van der Waals surface area contributed by atoms with Gasteiger partial charge in [0.25, 0.3) is 0 Å². The van der Waals surface area contributed by atoms with E-state index in [2.05, 4.69) is 21.2 Å². The SMILES string of the molecule is COCCOCC(=O)Nc1ccccc1C(C)Br. The summed E-state index contributed by atoms with van der Waals surface area (Å²) in [5.41, 5.74) is 1.85. The van der Waals surface area contributed by atoms with Crippen LogP contribution in [0.5, 0.6) is 0 Å². The number of rotatable bonds is 7. The number of amides is 1. The highest BCUT2D eigenvalue weighted by atomic mass is 79.9. The van der Waals surface area contributed by atoms with E-state index in [1.54, 1.807) is 7.11 Å². The van der Waals surface area contributed by atoms with Gasteiger partial charge in [-0.05, 0) is 18.6 Å². The van der Waals surface area contributed by atoms with Gasteiger partial charge in [-0.25, -0.2) is 0 Å². The Morgan fingerprint density at radius 2 is 2.11 bits per heavy atom. The second-order valence-corrected chi connectivity index (χ2v) is 5.17. The first-order valence-electron chi connectivity index (χ1n) is 5.74. The minimum atomic E-state index is -0.160. The van der Waals surface area contributed by atoms with Crippen LogP contribution in [0.1, 0.15) is 17.3 Å². The Hall–Kier alpha value is -0.910. The molecule has 0 fully saturated rings. The molecule has 0 aromatic heterocycles. The Bertz CT molecular complexity index is 382. The molecule has 1 rings (SSSR count). The van der Waals surface area contributed by atoms with E-state index in [1.165, 1.54) is 0 Å². The van der Waals surface area contributed by atoms with Crippen molar-refractivity contribution in [3.8, 4) is 0 Å². The lowest BCUT2D eigenvalue weighted by Crippen LogP contribution is -2.20. The summed E-state index contributed by atoms with van der Waals surface area (Å²) in [5, 5.41) is 2.83. The molecule has 100 valence electrons. The first-order valence-corrected chi connectivity index (χ1v) is 6.66. The summed E-state index contributed by atoms with van der Waals surface area (Å²) in [4.78, 5) is 11.8. The van der Waals surface area contributed by atoms with Crippen molar-refractivity contribution in [3.63, 3.8) is 0 Å². The Balaban J connectivity index is 2.49. The molecule has 0 aliphatic carbocycles. The normalized spacial score (nSPS) is 12.2. The maximum atomic E-state index is 11.7. The fraction of sp³-hybridized carbons (Fsp3) is 0.462. The highest BCUT2D eigenvalue weighted by Crippen LogP contribution is 2.28. The van der Waals surface area contributed by atoms with Crippen LogP contribution >= 0.6 is 15.9 Å². The minimum Gasteiger partial charge on any atom is -0.382 e. The molecule has 0 bridgehead atoms. The fourth-order valence-electron chi connectivity index (χ4n) is 1.45. The first-order chi connectivity index (χ1) is 8.65. The third-order valence-corrected chi connectivity index (χ3v) is 2.82. The van der Waals surface area contributed by atoms with Crippen LogP contribution in [-0.2, 0) is 14.3 Å². The number of alkyl halides is 1. The van der Waals surface area contributed by atoms with E-state index in [4.69, 9.17) is 9.47 Å². The minimum absolute atomic E-state index is 0.0361. The molecule has 18 heavy (non-hydrogen) atoms. The molecule has 1 N–H and O–H groups in total. The number of carbonyl (C=O) groups is 1. The van der Waals surface area contributed by atoms with Crippen molar-refractivity contribution < 1.29 is 14.3 Å². The fourth-order valence-corrected chi connectivity index (χ4v) is 1.85. The van der Waals surface area contributed by atoms with Crippen LogP contribution in [-0.4, -0.2) is 32.8 Å². The van der Waals surface area contributed by atoms with Crippen molar-refractivity contribution in [2.75, 3.05) is 32.2 Å². The predicted molar refractivity (Wildman–Crippen MR) is 75.1 cm³/mol. The van der Waals surface area contributed by atoms with E-state index in [-0.39, 0.29) is 17.3 Å². The summed E-state index contributed by atoms with van der Waals surface area (Å²) in [6.07, 6.45) is 0. The molecule has 0 saturated carbocycles. The first kappa shape index (κ1) is 15.1. The molecule has 4 nitrogen and oxygen atoms in total. The van der Waals surface area contributed by atoms with Crippen molar-refractivity contribution >= 4 is 27.5 Å². The van der Waals surface area contributed by atoms with Gasteiger partial charge in [-0.1, -0.05) is 34.1 Å². The van der Waals surface area contributed by atoms with Gasteiger partial charge >= 0.3 is 0 Å². The zero-order chi connectivity index (χ0) is 13.4. The van der Waals surface area contributed by atoms with Crippen LogP contribution in [0.15, 0.2) is 24.3 Å². The quantitative estimate of drug-likeness (QED) is 0.621. The number of nitrogens with one attached hydrogen (secondary N) is 1. The van der Waals surface area contributed by atoms with Gasteiger partial charge in [-0.2, -0.15) is 0 Å². The average Bonchev–Trinajstić information content (AvgIpc) is 2.35. The van der Waals surface area contributed by atoms with Gasteiger partial charge in [-0.3, -0.25) is 4.79 Å². The van der Waals surface area contributed by atoms with Crippen LogP contribution in [0, 0.1) is 0 Å². The molecular weight excluding hydrogens is 298 g/mol. The highest BCUT2D eigenvalue weighted by molar-refractivity contribution is 9.09. The average molecular weight is 316 g/mol. The van der Waals surface area contributed by atoms with Crippen molar-refractivity contribution in [2.24, 2.45) is 0 Å². The van der Waals surface area contributed by atoms with Crippen molar-refractivity contribution in [1.29, 1.82) is 0 Å².